The van der Waals surface area contributed by atoms with Crippen molar-refractivity contribution in [2.45, 2.75) is 6.42 Å². The number of H-pyrrole nitrogens is 1. The van der Waals surface area contributed by atoms with Crippen LogP contribution in [0.15, 0.2) is 36.8 Å². The fraction of sp³-hybridized carbons (Fsp3) is 0.333. The van der Waals surface area contributed by atoms with Gasteiger partial charge in [-0.15, -0.1) is 0 Å². The third-order valence-electron chi connectivity index (χ3n) is 5.88. The quantitative estimate of drug-likeness (QED) is 0.395. The molecule has 0 bridgehead atoms. The molecular weight excluding hydrogens is 447 g/mol. The largest absolute Gasteiger partial charge is 0.493 e. The van der Waals surface area contributed by atoms with Crippen molar-refractivity contribution in [3.8, 4) is 22.8 Å². The summed E-state index contributed by atoms with van der Waals surface area (Å²) in [6, 6.07) is 6.74. The first-order valence-corrected chi connectivity index (χ1v) is 11.2. The summed E-state index contributed by atoms with van der Waals surface area (Å²) in [5.74, 6) is 0.775. The highest BCUT2D eigenvalue weighted by molar-refractivity contribution is 6.31. The second-order valence-corrected chi connectivity index (χ2v) is 8.32. The fourth-order valence-corrected chi connectivity index (χ4v) is 4.32. The summed E-state index contributed by atoms with van der Waals surface area (Å²) in [6.07, 6.45) is 4.21. The van der Waals surface area contributed by atoms with E-state index in [9.17, 15) is 4.39 Å². The molecule has 5 rings (SSSR count). The molecule has 0 spiro atoms. The van der Waals surface area contributed by atoms with Gasteiger partial charge in [0.15, 0.2) is 11.5 Å². The maximum Gasteiger partial charge on any atom is 0.163 e. The zero-order valence-electron chi connectivity index (χ0n) is 18.2. The number of nitrogens with zero attached hydrogens (tertiary/aromatic N) is 3. The molecule has 33 heavy (non-hydrogen) atoms. The molecule has 1 fully saturated rings. The predicted molar refractivity (Wildman–Crippen MR) is 126 cm³/mol. The highest BCUT2D eigenvalue weighted by Crippen LogP contribution is 2.38. The average Bonchev–Trinajstić information content (AvgIpc) is 3.24. The van der Waals surface area contributed by atoms with Crippen molar-refractivity contribution in [3.05, 3.63) is 47.6 Å². The number of morpholine rings is 1. The number of aromatic amines is 1. The van der Waals surface area contributed by atoms with E-state index in [0.717, 1.165) is 61.1 Å². The second-order valence-electron chi connectivity index (χ2n) is 7.91. The maximum atomic E-state index is 13.9. The van der Waals surface area contributed by atoms with E-state index in [1.165, 1.54) is 12.4 Å². The van der Waals surface area contributed by atoms with E-state index in [2.05, 4.69) is 19.9 Å². The van der Waals surface area contributed by atoms with Crippen LogP contribution < -0.4 is 9.47 Å². The number of ether oxygens (including phenoxy) is 3. The van der Waals surface area contributed by atoms with E-state index >= 15 is 0 Å². The van der Waals surface area contributed by atoms with Gasteiger partial charge in [-0.1, -0.05) is 11.6 Å². The highest BCUT2D eigenvalue weighted by atomic mass is 35.5. The first-order valence-electron chi connectivity index (χ1n) is 10.9. The molecule has 3 heterocycles. The second kappa shape index (κ2) is 9.51. The minimum absolute atomic E-state index is 0.0621. The Hall–Kier alpha value is -2.94. The topological polar surface area (TPSA) is 72.5 Å². The van der Waals surface area contributed by atoms with E-state index in [0.29, 0.717) is 29.3 Å². The van der Waals surface area contributed by atoms with Crippen molar-refractivity contribution in [1.82, 2.24) is 19.9 Å². The molecule has 172 valence electrons. The number of hydrogen-bond acceptors (Lipinski definition) is 6. The van der Waals surface area contributed by atoms with Crippen molar-refractivity contribution in [2.75, 3.05) is 46.6 Å². The molecular formula is C24H24ClFN4O3. The first kappa shape index (κ1) is 21.9. The molecule has 0 aliphatic carbocycles. The van der Waals surface area contributed by atoms with Crippen LogP contribution in [-0.2, 0) is 4.74 Å². The Morgan fingerprint density at radius 3 is 2.79 bits per heavy atom. The van der Waals surface area contributed by atoms with Crippen molar-refractivity contribution in [2.24, 2.45) is 0 Å². The summed E-state index contributed by atoms with van der Waals surface area (Å²) >= 11 is 6.03. The zero-order chi connectivity index (χ0) is 22.8. The molecule has 0 saturated carbocycles. The van der Waals surface area contributed by atoms with Crippen molar-refractivity contribution < 1.29 is 18.6 Å². The molecule has 1 N–H and O–H groups in total. The van der Waals surface area contributed by atoms with Gasteiger partial charge in [-0.05, 0) is 24.6 Å². The van der Waals surface area contributed by atoms with Gasteiger partial charge in [-0.3, -0.25) is 4.90 Å². The van der Waals surface area contributed by atoms with Crippen molar-refractivity contribution in [3.63, 3.8) is 0 Å². The van der Waals surface area contributed by atoms with E-state index in [4.69, 9.17) is 25.8 Å². The third-order valence-corrected chi connectivity index (χ3v) is 6.17. The number of nitrogens with one attached hydrogen (secondary N) is 1. The van der Waals surface area contributed by atoms with Gasteiger partial charge in [0.05, 0.1) is 43.2 Å². The van der Waals surface area contributed by atoms with Crippen molar-refractivity contribution in [1.29, 1.82) is 0 Å². The van der Waals surface area contributed by atoms with Crippen molar-refractivity contribution >= 4 is 33.4 Å². The lowest BCUT2D eigenvalue weighted by molar-refractivity contribution is 0.0357. The van der Waals surface area contributed by atoms with Gasteiger partial charge in [-0.25, -0.2) is 14.4 Å². The maximum absolute atomic E-state index is 13.9. The molecule has 1 saturated heterocycles. The Labute approximate surface area is 195 Å². The third kappa shape index (κ3) is 4.46. The molecule has 0 atom stereocenters. The molecule has 4 aromatic rings. The van der Waals surface area contributed by atoms with Crippen LogP contribution in [0.3, 0.4) is 0 Å². The first-order chi connectivity index (χ1) is 16.1. The molecule has 9 heteroatoms. The zero-order valence-corrected chi connectivity index (χ0v) is 19.0. The van der Waals surface area contributed by atoms with Gasteiger partial charge in [0.25, 0.3) is 0 Å². The summed E-state index contributed by atoms with van der Waals surface area (Å²) in [5.41, 5.74) is 2.88. The molecule has 0 radical (unpaired) electrons. The van der Waals surface area contributed by atoms with Crippen LogP contribution in [-0.4, -0.2) is 66.4 Å². The molecule has 0 amide bonds. The van der Waals surface area contributed by atoms with Gasteiger partial charge >= 0.3 is 0 Å². The van der Waals surface area contributed by atoms with E-state index in [1.54, 1.807) is 19.4 Å². The van der Waals surface area contributed by atoms with Crippen LogP contribution >= 0.6 is 11.6 Å². The van der Waals surface area contributed by atoms with Crippen LogP contribution in [0.1, 0.15) is 6.42 Å². The number of hydrogen-bond donors (Lipinski definition) is 1. The Kier molecular flexibility index (Phi) is 6.30. The molecule has 1 aliphatic rings. The van der Waals surface area contributed by atoms with Crippen LogP contribution in [0.25, 0.3) is 33.1 Å². The number of aromatic nitrogens is 3. The number of rotatable bonds is 7. The number of halogens is 2. The van der Waals surface area contributed by atoms with Crippen LogP contribution in [0, 0.1) is 5.82 Å². The Balaban J connectivity index is 1.42. The molecule has 0 unspecified atom stereocenters. The summed E-state index contributed by atoms with van der Waals surface area (Å²) < 4.78 is 30.9. The minimum atomic E-state index is -0.470. The van der Waals surface area contributed by atoms with E-state index in [1.807, 2.05) is 12.1 Å². The monoisotopic (exact) mass is 470 g/mol. The number of methoxy groups -OCH3 is 1. The Morgan fingerprint density at radius 1 is 1.12 bits per heavy atom. The SMILES string of the molecule is COc1cc2c(-c3c[nH]c4cc(F)c(Cl)cc34)ncnc2cc1OCCCN1CCOCC1. The predicted octanol–water partition coefficient (Wildman–Crippen LogP) is 4.68. The van der Waals surface area contributed by atoms with Gasteiger partial charge in [-0.2, -0.15) is 0 Å². The van der Waals surface area contributed by atoms with Gasteiger partial charge in [0, 0.05) is 53.8 Å². The highest BCUT2D eigenvalue weighted by Gasteiger charge is 2.17. The van der Waals surface area contributed by atoms with Crippen LogP contribution in [0.2, 0.25) is 5.02 Å². The normalized spacial score (nSPS) is 14.8. The summed E-state index contributed by atoms with van der Waals surface area (Å²) in [5, 5.41) is 1.65. The Bertz CT molecular complexity index is 1290. The Morgan fingerprint density at radius 2 is 1.97 bits per heavy atom. The van der Waals surface area contributed by atoms with Crippen LogP contribution in [0.4, 0.5) is 4.39 Å². The average molecular weight is 471 g/mol. The molecule has 7 nitrogen and oxygen atoms in total. The molecule has 1 aliphatic heterocycles. The van der Waals surface area contributed by atoms with Gasteiger partial charge in [0.2, 0.25) is 0 Å². The minimum Gasteiger partial charge on any atom is -0.493 e. The fourth-order valence-electron chi connectivity index (χ4n) is 4.16. The number of fused-ring (bicyclic) bond motifs is 2. The lowest BCUT2D eigenvalue weighted by Crippen LogP contribution is -2.37. The number of benzene rings is 2. The lowest BCUT2D eigenvalue weighted by Gasteiger charge is -2.26. The molecule has 2 aromatic heterocycles. The summed E-state index contributed by atoms with van der Waals surface area (Å²) in [6.45, 7) is 5.05. The van der Waals surface area contributed by atoms with Crippen LogP contribution in [0.5, 0.6) is 11.5 Å². The van der Waals surface area contributed by atoms with E-state index < -0.39 is 5.82 Å². The standard InChI is InChI=1S/C24H24ClFN4O3/c1-31-22-10-16-21(12-23(22)33-6-2-3-30-4-7-32-8-5-30)28-14-29-24(16)17-13-27-20-11-19(26)18(25)9-15(17)20/h9-14,27H,2-8H2,1H3. The van der Waals surface area contributed by atoms with E-state index in [-0.39, 0.29) is 5.02 Å². The lowest BCUT2D eigenvalue weighted by atomic mass is 10.0. The molecule has 2 aromatic carbocycles. The summed E-state index contributed by atoms with van der Waals surface area (Å²) in [7, 11) is 1.61. The van der Waals surface area contributed by atoms with Gasteiger partial charge in [0.1, 0.15) is 12.1 Å². The van der Waals surface area contributed by atoms with Gasteiger partial charge < -0.3 is 19.2 Å². The smallest absolute Gasteiger partial charge is 0.163 e. The summed E-state index contributed by atoms with van der Waals surface area (Å²) in [4.78, 5) is 14.4.